The summed E-state index contributed by atoms with van der Waals surface area (Å²) in [6.45, 7) is 0. The van der Waals surface area contributed by atoms with Crippen molar-refractivity contribution in [2.45, 2.75) is 12.5 Å². The average molecular weight is 266 g/mol. The standard InChI is InChI=1S/C9H10N6S2/c10-13-7(8-4-11-14-17-8)3-6-5-15-1-2-16-9(15)12-6/h1-2,4-5,7,13H,3,10H2. The van der Waals surface area contributed by atoms with Crippen LogP contribution < -0.4 is 11.3 Å². The van der Waals surface area contributed by atoms with Crippen LogP contribution in [0.5, 0.6) is 0 Å². The molecule has 0 amide bonds. The highest BCUT2D eigenvalue weighted by molar-refractivity contribution is 7.15. The summed E-state index contributed by atoms with van der Waals surface area (Å²) in [4.78, 5) is 6.54. The SMILES string of the molecule is NNC(Cc1cn2ccsc2n1)c1cnns1. The second kappa shape index (κ2) is 4.49. The summed E-state index contributed by atoms with van der Waals surface area (Å²) in [7, 11) is 0. The molecular formula is C9H10N6S2. The first-order valence-electron chi connectivity index (χ1n) is 5.01. The summed E-state index contributed by atoms with van der Waals surface area (Å²) in [5.41, 5.74) is 3.78. The summed E-state index contributed by atoms with van der Waals surface area (Å²) in [5, 5.41) is 5.83. The molecule has 6 nitrogen and oxygen atoms in total. The molecule has 1 unspecified atom stereocenters. The Morgan fingerprint density at radius 2 is 2.47 bits per heavy atom. The molecule has 3 N–H and O–H groups in total. The van der Waals surface area contributed by atoms with Crippen LogP contribution in [0.4, 0.5) is 0 Å². The minimum Gasteiger partial charge on any atom is -0.297 e. The first-order chi connectivity index (χ1) is 8.36. The van der Waals surface area contributed by atoms with E-state index in [9.17, 15) is 0 Å². The largest absolute Gasteiger partial charge is 0.297 e. The zero-order valence-electron chi connectivity index (χ0n) is 8.78. The highest BCUT2D eigenvalue weighted by atomic mass is 32.1. The first kappa shape index (κ1) is 10.8. The van der Waals surface area contributed by atoms with Crippen molar-refractivity contribution in [1.29, 1.82) is 0 Å². The van der Waals surface area contributed by atoms with Crippen LogP contribution >= 0.6 is 22.9 Å². The van der Waals surface area contributed by atoms with Gasteiger partial charge in [-0.25, -0.2) is 4.98 Å². The molecule has 3 aromatic rings. The second-order valence-corrected chi connectivity index (χ2v) is 5.26. The Bertz CT molecular complexity index is 569. The molecule has 17 heavy (non-hydrogen) atoms. The Kier molecular flexibility index (Phi) is 2.85. The van der Waals surface area contributed by atoms with Gasteiger partial charge in [-0.2, -0.15) is 0 Å². The molecule has 1 atom stereocenters. The fourth-order valence-electron chi connectivity index (χ4n) is 1.65. The van der Waals surface area contributed by atoms with Gasteiger partial charge in [-0.1, -0.05) is 4.49 Å². The Balaban J connectivity index is 1.83. The Morgan fingerprint density at radius 1 is 1.53 bits per heavy atom. The van der Waals surface area contributed by atoms with Crippen molar-refractivity contribution in [3.8, 4) is 0 Å². The zero-order valence-corrected chi connectivity index (χ0v) is 10.4. The maximum absolute atomic E-state index is 5.55. The number of hydrazine groups is 1. The lowest BCUT2D eigenvalue weighted by Gasteiger charge is -2.10. The van der Waals surface area contributed by atoms with E-state index in [-0.39, 0.29) is 6.04 Å². The van der Waals surface area contributed by atoms with Gasteiger partial charge in [-0.05, 0) is 11.5 Å². The lowest BCUT2D eigenvalue weighted by Crippen LogP contribution is -2.29. The van der Waals surface area contributed by atoms with E-state index in [1.807, 2.05) is 22.2 Å². The Morgan fingerprint density at radius 3 is 3.18 bits per heavy atom. The number of hydrogen-bond donors (Lipinski definition) is 2. The number of nitrogens with zero attached hydrogens (tertiary/aromatic N) is 4. The number of imidazole rings is 1. The molecule has 0 saturated heterocycles. The second-order valence-electron chi connectivity index (χ2n) is 3.57. The molecule has 0 spiro atoms. The predicted molar refractivity (Wildman–Crippen MR) is 66.7 cm³/mol. The summed E-state index contributed by atoms with van der Waals surface area (Å²) < 4.78 is 5.85. The van der Waals surface area contributed by atoms with Gasteiger partial charge in [-0.15, -0.1) is 16.4 Å². The third-order valence-corrected chi connectivity index (χ3v) is 4.03. The van der Waals surface area contributed by atoms with Crippen molar-refractivity contribution >= 4 is 27.8 Å². The third kappa shape index (κ3) is 2.07. The van der Waals surface area contributed by atoms with E-state index in [4.69, 9.17) is 5.84 Å². The van der Waals surface area contributed by atoms with Crippen molar-refractivity contribution in [3.63, 3.8) is 0 Å². The number of fused-ring (bicyclic) bond motifs is 1. The highest BCUT2D eigenvalue weighted by Gasteiger charge is 2.15. The number of nitrogens with one attached hydrogen (secondary N) is 1. The summed E-state index contributed by atoms with van der Waals surface area (Å²) in [6.07, 6.45) is 6.47. The first-order valence-corrected chi connectivity index (χ1v) is 6.66. The van der Waals surface area contributed by atoms with Crippen molar-refractivity contribution < 1.29 is 0 Å². The van der Waals surface area contributed by atoms with Gasteiger partial charge in [0.15, 0.2) is 4.96 Å². The fraction of sp³-hybridized carbons (Fsp3) is 0.222. The lowest BCUT2D eigenvalue weighted by molar-refractivity contribution is 0.555. The van der Waals surface area contributed by atoms with E-state index < -0.39 is 0 Å². The molecule has 3 aromatic heterocycles. The van der Waals surface area contributed by atoms with Crippen LogP contribution in [0.3, 0.4) is 0 Å². The monoisotopic (exact) mass is 266 g/mol. The van der Waals surface area contributed by atoms with Crippen LogP contribution in [-0.2, 0) is 6.42 Å². The van der Waals surface area contributed by atoms with Crippen molar-refractivity contribution in [2.75, 3.05) is 0 Å². The Labute approximate surface area is 105 Å². The summed E-state index contributed by atoms with van der Waals surface area (Å²) in [6, 6.07) is 0.0135. The molecule has 88 valence electrons. The van der Waals surface area contributed by atoms with Gasteiger partial charge in [0.05, 0.1) is 22.8 Å². The lowest BCUT2D eigenvalue weighted by atomic mass is 10.1. The fourth-order valence-corrected chi connectivity index (χ4v) is 2.93. The van der Waals surface area contributed by atoms with Gasteiger partial charge in [0.2, 0.25) is 0 Å². The number of thiazole rings is 1. The molecule has 0 aliphatic carbocycles. The van der Waals surface area contributed by atoms with Gasteiger partial charge in [-0.3, -0.25) is 15.7 Å². The van der Waals surface area contributed by atoms with Gasteiger partial charge < -0.3 is 0 Å². The van der Waals surface area contributed by atoms with E-state index in [2.05, 4.69) is 20.0 Å². The average Bonchev–Trinajstić information content (AvgIpc) is 3.01. The maximum Gasteiger partial charge on any atom is 0.193 e. The molecular weight excluding hydrogens is 256 g/mol. The Hall–Kier alpha value is -1.35. The normalized spacial score (nSPS) is 13.2. The molecule has 3 heterocycles. The number of nitrogens with two attached hydrogens (primary N) is 1. The molecule has 8 heteroatoms. The van der Waals surface area contributed by atoms with E-state index in [0.717, 1.165) is 22.0 Å². The smallest absolute Gasteiger partial charge is 0.193 e. The van der Waals surface area contributed by atoms with E-state index in [1.54, 1.807) is 17.5 Å². The molecule has 0 bridgehead atoms. The highest BCUT2D eigenvalue weighted by Crippen LogP contribution is 2.20. The van der Waals surface area contributed by atoms with Gasteiger partial charge in [0.25, 0.3) is 0 Å². The molecule has 0 radical (unpaired) electrons. The van der Waals surface area contributed by atoms with Crippen LogP contribution in [-0.4, -0.2) is 19.0 Å². The summed E-state index contributed by atoms with van der Waals surface area (Å²) in [5.74, 6) is 5.55. The molecule has 0 saturated carbocycles. The minimum absolute atomic E-state index is 0.0135. The topological polar surface area (TPSA) is 81.1 Å². The van der Waals surface area contributed by atoms with Crippen LogP contribution in [0.25, 0.3) is 4.96 Å². The predicted octanol–water partition coefficient (Wildman–Crippen LogP) is 0.994. The van der Waals surface area contributed by atoms with Crippen LogP contribution in [0.2, 0.25) is 0 Å². The molecule has 0 aliphatic heterocycles. The van der Waals surface area contributed by atoms with Crippen molar-refractivity contribution in [3.05, 3.63) is 34.5 Å². The zero-order chi connectivity index (χ0) is 11.7. The number of hydrogen-bond acceptors (Lipinski definition) is 7. The molecule has 0 aromatic carbocycles. The van der Waals surface area contributed by atoms with Crippen LogP contribution in [0, 0.1) is 0 Å². The number of aromatic nitrogens is 4. The molecule has 0 aliphatic rings. The van der Waals surface area contributed by atoms with E-state index in [0.29, 0.717) is 0 Å². The molecule has 0 fully saturated rings. The quantitative estimate of drug-likeness (QED) is 0.544. The van der Waals surface area contributed by atoms with Crippen LogP contribution in [0.15, 0.2) is 24.0 Å². The van der Waals surface area contributed by atoms with E-state index >= 15 is 0 Å². The van der Waals surface area contributed by atoms with Crippen molar-refractivity contribution in [2.24, 2.45) is 5.84 Å². The minimum atomic E-state index is 0.0135. The van der Waals surface area contributed by atoms with Gasteiger partial charge in [0.1, 0.15) is 0 Å². The van der Waals surface area contributed by atoms with E-state index in [1.165, 1.54) is 11.5 Å². The third-order valence-electron chi connectivity index (χ3n) is 2.48. The number of rotatable bonds is 4. The van der Waals surface area contributed by atoms with Gasteiger partial charge >= 0.3 is 0 Å². The van der Waals surface area contributed by atoms with Gasteiger partial charge in [0, 0.05) is 24.2 Å². The van der Waals surface area contributed by atoms with Crippen LogP contribution in [0.1, 0.15) is 16.6 Å². The summed E-state index contributed by atoms with van der Waals surface area (Å²) >= 11 is 2.97. The van der Waals surface area contributed by atoms with Crippen molar-refractivity contribution in [1.82, 2.24) is 24.4 Å². The molecule has 3 rings (SSSR count). The maximum atomic E-state index is 5.55.